The summed E-state index contributed by atoms with van der Waals surface area (Å²) >= 11 is 0.935. The van der Waals surface area contributed by atoms with Gasteiger partial charge in [-0.15, -0.1) is 11.3 Å². The van der Waals surface area contributed by atoms with Crippen LogP contribution in [0.15, 0.2) is 69.9 Å². The second-order valence-electron chi connectivity index (χ2n) is 8.70. The molecular formula is C26H28N8O6S2. The molecule has 16 heteroatoms. The molecule has 3 aromatic rings. The third-order valence-corrected chi connectivity index (χ3v) is 7.81. The number of amides is 2. The summed E-state index contributed by atoms with van der Waals surface area (Å²) in [6, 6.07) is 14.2. The van der Waals surface area contributed by atoms with E-state index in [1.54, 1.807) is 24.3 Å². The molecular weight excluding hydrogens is 584 g/mol. The summed E-state index contributed by atoms with van der Waals surface area (Å²) in [4.78, 5) is 40.4. The number of thiophene rings is 1. The summed E-state index contributed by atoms with van der Waals surface area (Å²) in [6.07, 6.45) is 0.341. The Morgan fingerprint density at radius 2 is 1.81 bits per heavy atom. The van der Waals surface area contributed by atoms with Crippen molar-refractivity contribution in [3.63, 3.8) is 0 Å². The standard InChI is InChI=1S/C26H28N8O6S2/c27-14-16-4-1-6-18(12-16)32-22(35)15-31-17-5-2-7-19(13-17)42(39,40)34-20-9-11-41-23(20)24(36)33-21(25(37)38)8-3-10-30-26(28)29/h1-2,4-7,9,11-13,21,31,34H,3,8,10,15H2,(H,32,35)(H,33,36)(H,37,38)(H4,28,29,30). The van der Waals surface area contributed by atoms with Crippen LogP contribution < -0.4 is 32.1 Å². The molecule has 9 N–H and O–H groups in total. The molecule has 2 amide bonds. The number of hydrogen-bond donors (Lipinski definition) is 7. The zero-order chi connectivity index (χ0) is 30.7. The van der Waals surface area contributed by atoms with Gasteiger partial charge in [0, 0.05) is 17.9 Å². The number of nitrogens with two attached hydrogens (primary N) is 2. The lowest BCUT2D eigenvalue weighted by atomic mass is 10.1. The first kappa shape index (κ1) is 31.4. The van der Waals surface area contributed by atoms with Crippen molar-refractivity contribution in [1.29, 1.82) is 5.26 Å². The Balaban J connectivity index is 1.64. The maximum atomic E-state index is 13.1. The topological polar surface area (TPSA) is 242 Å². The molecule has 1 atom stereocenters. The summed E-state index contributed by atoms with van der Waals surface area (Å²) < 4.78 is 28.6. The number of rotatable bonds is 14. The van der Waals surface area contributed by atoms with Gasteiger partial charge in [0.15, 0.2) is 5.96 Å². The van der Waals surface area contributed by atoms with Crippen molar-refractivity contribution in [2.75, 3.05) is 28.4 Å². The highest BCUT2D eigenvalue weighted by Gasteiger charge is 2.25. The van der Waals surface area contributed by atoms with Crippen LogP contribution in [0.1, 0.15) is 28.1 Å². The Labute approximate surface area is 245 Å². The average Bonchev–Trinajstić information content (AvgIpc) is 3.41. The minimum Gasteiger partial charge on any atom is -0.480 e. The van der Waals surface area contributed by atoms with Gasteiger partial charge in [-0.3, -0.25) is 19.3 Å². The zero-order valence-corrected chi connectivity index (χ0v) is 23.7. The molecule has 1 unspecified atom stereocenters. The smallest absolute Gasteiger partial charge is 0.326 e. The Bertz CT molecular complexity index is 1630. The van der Waals surface area contributed by atoms with E-state index in [1.807, 2.05) is 6.07 Å². The van der Waals surface area contributed by atoms with E-state index in [4.69, 9.17) is 16.7 Å². The van der Waals surface area contributed by atoms with Crippen LogP contribution in [0.4, 0.5) is 17.1 Å². The van der Waals surface area contributed by atoms with Gasteiger partial charge < -0.3 is 32.5 Å². The van der Waals surface area contributed by atoms with Crippen molar-refractivity contribution in [3.8, 4) is 6.07 Å². The van der Waals surface area contributed by atoms with Gasteiger partial charge in [0.1, 0.15) is 10.9 Å². The van der Waals surface area contributed by atoms with Crippen molar-refractivity contribution in [2.24, 2.45) is 16.5 Å². The second kappa shape index (κ2) is 14.5. The van der Waals surface area contributed by atoms with Crippen LogP contribution in [0, 0.1) is 11.3 Å². The summed E-state index contributed by atoms with van der Waals surface area (Å²) in [6.45, 7) is 0.0000979. The van der Waals surface area contributed by atoms with E-state index in [-0.39, 0.29) is 40.9 Å². The number of carbonyl (C=O) groups excluding carboxylic acids is 2. The molecule has 42 heavy (non-hydrogen) atoms. The molecule has 0 spiro atoms. The SMILES string of the molecule is N#Cc1cccc(NC(=O)CNc2cccc(S(=O)(=O)Nc3ccsc3C(=O)NC(CCCN=C(N)N)C(=O)O)c2)c1. The monoisotopic (exact) mass is 612 g/mol. The number of nitriles is 1. The Hall–Kier alpha value is -5.14. The molecule has 0 aliphatic rings. The lowest BCUT2D eigenvalue weighted by Gasteiger charge is -2.15. The van der Waals surface area contributed by atoms with Gasteiger partial charge in [-0.2, -0.15) is 5.26 Å². The zero-order valence-electron chi connectivity index (χ0n) is 22.0. The molecule has 0 saturated carbocycles. The average molecular weight is 613 g/mol. The number of hydrogen-bond acceptors (Lipinski definition) is 9. The van der Waals surface area contributed by atoms with Crippen LogP contribution in [-0.4, -0.2) is 56.4 Å². The molecule has 220 valence electrons. The quantitative estimate of drug-likeness (QED) is 0.0789. The molecule has 0 radical (unpaired) electrons. The first-order valence-corrected chi connectivity index (χ1v) is 14.7. The van der Waals surface area contributed by atoms with Gasteiger partial charge >= 0.3 is 5.97 Å². The minimum absolute atomic E-state index is 0.0273. The Kier molecular flexibility index (Phi) is 10.8. The fourth-order valence-electron chi connectivity index (χ4n) is 3.58. The van der Waals surface area contributed by atoms with E-state index in [0.717, 1.165) is 11.3 Å². The third-order valence-electron chi connectivity index (χ3n) is 5.54. The molecule has 0 aliphatic heterocycles. The summed E-state index contributed by atoms with van der Waals surface area (Å²) in [5, 5.41) is 27.8. The van der Waals surface area contributed by atoms with Crippen molar-refractivity contribution < 1.29 is 27.9 Å². The highest BCUT2D eigenvalue weighted by molar-refractivity contribution is 7.92. The molecule has 0 saturated heterocycles. The fraction of sp³-hybridized carbons (Fsp3) is 0.192. The second-order valence-corrected chi connectivity index (χ2v) is 11.3. The highest BCUT2D eigenvalue weighted by Crippen LogP contribution is 2.26. The van der Waals surface area contributed by atoms with Crippen molar-refractivity contribution in [3.05, 3.63) is 70.4 Å². The molecule has 0 fully saturated rings. The Morgan fingerprint density at radius 1 is 1.07 bits per heavy atom. The van der Waals surface area contributed by atoms with Crippen LogP contribution in [0.25, 0.3) is 0 Å². The van der Waals surface area contributed by atoms with Gasteiger partial charge in [-0.05, 0) is 60.7 Å². The first-order chi connectivity index (χ1) is 20.0. The molecule has 14 nitrogen and oxygen atoms in total. The van der Waals surface area contributed by atoms with Crippen LogP contribution in [0.5, 0.6) is 0 Å². The van der Waals surface area contributed by atoms with Crippen LogP contribution in [-0.2, 0) is 19.6 Å². The van der Waals surface area contributed by atoms with Crippen molar-refractivity contribution >= 4 is 62.2 Å². The number of nitrogens with one attached hydrogen (secondary N) is 4. The van der Waals surface area contributed by atoms with Crippen molar-refractivity contribution in [2.45, 2.75) is 23.8 Å². The predicted octanol–water partition coefficient (Wildman–Crippen LogP) is 1.71. The molecule has 1 heterocycles. The van der Waals surface area contributed by atoms with E-state index < -0.39 is 33.8 Å². The van der Waals surface area contributed by atoms with Crippen LogP contribution in [0.2, 0.25) is 0 Å². The first-order valence-electron chi connectivity index (χ1n) is 12.3. The van der Waals surface area contributed by atoms with E-state index in [2.05, 4.69) is 25.7 Å². The summed E-state index contributed by atoms with van der Waals surface area (Å²) in [5.74, 6) is -2.58. The number of aliphatic carboxylic acids is 1. The number of carboxylic acid groups (broad SMARTS) is 1. The van der Waals surface area contributed by atoms with Crippen LogP contribution >= 0.6 is 11.3 Å². The lowest BCUT2D eigenvalue weighted by molar-refractivity contribution is -0.139. The molecule has 2 aromatic carbocycles. The van der Waals surface area contributed by atoms with Gasteiger partial charge in [0.25, 0.3) is 15.9 Å². The van der Waals surface area contributed by atoms with E-state index in [1.165, 1.54) is 35.7 Å². The van der Waals surface area contributed by atoms with Gasteiger partial charge in [0.2, 0.25) is 5.91 Å². The lowest BCUT2D eigenvalue weighted by Crippen LogP contribution is -2.40. The van der Waals surface area contributed by atoms with E-state index in [0.29, 0.717) is 23.4 Å². The summed E-state index contributed by atoms with van der Waals surface area (Å²) in [7, 11) is -4.18. The normalized spacial score (nSPS) is 11.4. The molecule has 0 aliphatic carbocycles. The number of benzene rings is 2. The predicted molar refractivity (Wildman–Crippen MR) is 159 cm³/mol. The number of aliphatic imine (C=N–C) groups is 1. The largest absolute Gasteiger partial charge is 0.480 e. The number of carboxylic acids is 1. The molecule has 0 bridgehead atoms. The number of anilines is 3. The minimum atomic E-state index is -4.18. The maximum absolute atomic E-state index is 13.1. The number of sulfonamides is 1. The fourth-order valence-corrected chi connectivity index (χ4v) is 5.52. The molecule has 1 aromatic heterocycles. The van der Waals surface area contributed by atoms with Crippen molar-refractivity contribution in [1.82, 2.24) is 5.32 Å². The number of carbonyl (C=O) groups is 3. The maximum Gasteiger partial charge on any atom is 0.326 e. The molecule has 3 rings (SSSR count). The van der Waals surface area contributed by atoms with Gasteiger partial charge in [-0.1, -0.05) is 12.1 Å². The summed E-state index contributed by atoms with van der Waals surface area (Å²) in [5.41, 5.74) is 11.6. The van der Waals surface area contributed by atoms with Gasteiger partial charge in [0.05, 0.1) is 28.8 Å². The van der Waals surface area contributed by atoms with Gasteiger partial charge in [-0.25, -0.2) is 13.2 Å². The van der Waals surface area contributed by atoms with E-state index in [9.17, 15) is 27.9 Å². The third kappa shape index (κ3) is 9.21. The number of guanidine groups is 1. The highest BCUT2D eigenvalue weighted by atomic mass is 32.2. The van der Waals surface area contributed by atoms with E-state index >= 15 is 0 Å². The van der Waals surface area contributed by atoms with Crippen LogP contribution in [0.3, 0.4) is 0 Å². The number of nitrogens with zero attached hydrogens (tertiary/aromatic N) is 2. The Morgan fingerprint density at radius 3 is 2.52 bits per heavy atom.